The fourth-order valence-corrected chi connectivity index (χ4v) is 1.05. The van der Waals surface area contributed by atoms with Gasteiger partial charge in [0.25, 0.3) is 5.91 Å². The second-order valence-corrected chi connectivity index (χ2v) is 3.56. The number of benzene rings is 1. The van der Waals surface area contributed by atoms with Crippen molar-refractivity contribution in [2.24, 2.45) is 11.7 Å². The predicted molar refractivity (Wildman–Crippen MR) is 64.2 cm³/mol. The molecule has 0 heterocycles. The molecule has 1 unspecified atom stereocenters. The number of carbonyl (C=O) groups is 1. The van der Waals surface area contributed by atoms with Gasteiger partial charge in [-0.05, 0) is 36.7 Å². The summed E-state index contributed by atoms with van der Waals surface area (Å²) in [5.74, 6) is -0.299. The second kappa shape index (κ2) is 7.19. The number of hydrogen-bond donors (Lipinski definition) is 2. The zero-order valence-electron chi connectivity index (χ0n) is 9.07. The molecule has 0 bridgehead atoms. The van der Waals surface area contributed by atoms with E-state index in [2.05, 4.69) is 5.32 Å². The molecule has 1 aromatic carbocycles. The van der Waals surface area contributed by atoms with Crippen LogP contribution in [0.25, 0.3) is 0 Å². The Morgan fingerprint density at radius 3 is 2.50 bits per heavy atom. The molecule has 1 rings (SSSR count). The van der Waals surface area contributed by atoms with E-state index in [0.717, 1.165) is 0 Å². The summed E-state index contributed by atoms with van der Waals surface area (Å²) < 4.78 is 12.6. The maximum atomic E-state index is 12.6. The first-order valence-corrected chi connectivity index (χ1v) is 4.87. The Morgan fingerprint density at radius 1 is 1.44 bits per heavy atom. The fourth-order valence-electron chi connectivity index (χ4n) is 1.05. The molecule has 5 heteroatoms. The van der Waals surface area contributed by atoms with E-state index >= 15 is 0 Å². The first-order valence-electron chi connectivity index (χ1n) is 4.87. The summed E-state index contributed by atoms with van der Waals surface area (Å²) in [7, 11) is 0. The van der Waals surface area contributed by atoms with Crippen molar-refractivity contribution in [2.45, 2.75) is 6.92 Å². The SMILES string of the molecule is CC(CN)CNC(=O)c1ccc(F)cc1.Cl. The van der Waals surface area contributed by atoms with E-state index in [-0.39, 0.29) is 30.0 Å². The molecule has 3 nitrogen and oxygen atoms in total. The Bertz CT molecular complexity index is 329. The third-order valence-electron chi connectivity index (χ3n) is 2.12. The molecule has 90 valence electrons. The molecule has 16 heavy (non-hydrogen) atoms. The van der Waals surface area contributed by atoms with Gasteiger partial charge in [-0.15, -0.1) is 12.4 Å². The topological polar surface area (TPSA) is 55.1 Å². The third-order valence-corrected chi connectivity index (χ3v) is 2.12. The maximum absolute atomic E-state index is 12.6. The molecule has 0 aliphatic heterocycles. The highest BCUT2D eigenvalue weighted by atomic mass is 35.5. The van der Waals surface area contributed by atoms with Gasteiger partial charge in [-0.25, -0.2) is 4.39 Å². The maximum Gasteiger partial charge on any atom is 0.251 e. The van der Waals surface area contributed by atoms with Crippen LogP contribution < -0.4 is 11.1 Å². The molecular formula is C11H16ClFN2O. The van der Waals surface area contributed by atoms with Crippen LogP contribution in [0.4, 0.5) is 4.39 Å². The largest absolute Gasteiger partial charge is 0.352 e. The zero-order valence-corrected chi connectivity index (χ0v) is 9.89. The van der Waals surface area contributed by atoms with Gasteiger partial charge < -0.3 is 11.1 Å². The molecule has 0 spiro atoms. The molecule has 1 atom stereocenters. The molecule has 0 fully saturated rings. The average Bonchev–Trinajstić information content (AvgIpc) is 2.26. The highest BCUT2D eigenvalue weighted by Crippen LogP contribution is 2.02. The van der Waals surface area contributed by atoms with Crippen LogP contribution in [0, 0.1) is 11.7 Å². The molecule has 3 N–H and O–H groups in total. The number of hydrogen-bond acceptors (Lipinski definition) is 2. The van der Waals surface area contributed by atoms with E-state index in [1.165, 1.54) is 24.3 Å². The fraction of sp³-hybridized carbons (Fsp3) is 0.364. The van der Waals surface area contributed by atoms with E-state index in [1.807, 2.05) is 6.92 Å². The summed E-state index contributed by atoms with van der Waals surface area (Å²) in [6.07, 6.45) is 0. The Balaban J connectivity index is 0.00000225. The highest BCUT2D eigenvalue weighted by Gasteiger charge is 2.06. The minimum absolute atomic E-state index is 0. The van der Waals surface area contributed by atoms with Crippen LogP contribution in [0.15, 0.2) is 24.3 Å². The zero-order chi connectivity index (χ0) is 11.3. The smallest absolute Gasteiger partial charge is 0.251 e. The third kappa shape index (κ3) is 4.59. The van der Waals surface area contributed by atoms with Crippen LogP contribution in [0.2, 0.25) is 0 Å². The van der Waals surface area contributed by atoms with E-state index in [9.17, 15) is 9.18 Å². The first kappa shape index (κ1) is 14.9. The minimum atomic E-state index is -0.345. The number of nitrogens with one attached hydrogen (secondary N) is 1. The predicted octanol–water partition coefficient (Wildman–Crippen LogP) is 1.57. The molecule has 0 aliphatic carbocycles. The van der Waals surface area contributed by atoms with Crippen LogP contribution >= 0.6 is 12.4 Å². The molecule has 1 amide bonds. The van der Waals surface area contributed by atoms with Crippen molar-refractivity contribution in [1.82, 2.24) is 5.32 Å². The Hall–Kier alpha value is -1.13. The van der Waals surface area contributed by atoms with Gasteiger partial charge in [0.1, 0.15) is 5.82 Å². The van der Waals surface area contributed by atoms with Crippen LogP contribution in [-0.4, -0.2) is 19.0 Å². The Labute approximate surface area is 101 Å². The van der Waals surface area contributed by atoms with Gasteiger partial charge in [-0.2, -0.15) is 0 Å². The molecular weight excluding hydrogens is 231 g/mol. The lowest BCUT2D eigenvalue weighted by molar-refractivity contribution is 0.0948. The summed E-state index contributed by atoms with van der Waals surface area (Å²) in [6.45, 7) is 3.02. The number of halogens is 2. The molecule has 0 aliphatic rings. The van der Waals surface area contributed by atoms with Gasteiger partial charge >= 0.3 is 0 Å². The van der Waals surface area contributed by atoms with Gasteiger partial charge in [0.2, 0.25) is 0 Å². The standard InChI is InChI=1S/C11H15FN2O.ClH/c1-8(6-13)7-14-11(15)9-2-4-10(12)5-3-9;/h2-5,8H,6-7,13H2,1H3,(H,14,15);1H. The van der Waals surface area contributed by atoms with Crippen molar-refractivity contribution < 1.29 is 9.18 Å². The lowest BCUT2D eigenvalue weighted by Crippen LogP contribution is -2.31. The molecule has 0 radical (unpaired) electrons. The van der Waals surface area contributed by atoms with Gasteiger partial charge in [0, 0.05) is 12.1 Å². The van der Waals surface area contributed by atoms with Gasteiger partial charge in [-0.1, -0.05) is 6.92 Å². The molecule has 0 saturated heterocycles. The first-order chi connectivity index (χ1) is 7.13. The molecule has 0 saturated carbocycles. The second-order valence-electron chi connectivity index (χ2n) is 3.56. The lowest BCUT2D eigenvalue weighted by atomic mass is 10.1. The number of rotatable bonds is 4. The van der Waals surface area contributed by atoms with Crippen molar-refractivity contribution in [3.05, 3.63) is 35.6 Å². The van der Waals surface area contributed by atoms with E-state index in [0.29, 0.717) is 18.7 Å². The number of nitrogens with two attached hydrogens (primary N) is 1. The molecule has 0 aromatic heterocycles. The summed E-state index contributed by atoms with van der Waals surface area (Å²) in [5.41, 5.74) is 5.87. The quantitative estimate of drug-likeness (QED) is 0.848. The summed E-state index contributed by atoms with van der Waals surface area (Å²) in [5, 5.41) is 2.73. The van der Waals surface area contributed by atoms with Crippen molar-refractivity contribution >= 4 is 18.3 Å². The highest BCUT2D eigenvalue weighted by molar-refractivity contribution is 5.94. The summed E-state index contributed by atoms with van der Waals surface area (Å²) in [6, 6.07) is 5.44. The average molecular weight is 247 g/mol. The van der Waals surface area contributed by atoms with Crippen LogP contribution in [0.5, 0.6) is 0 Å². The summed E-state index contributed by atoms with van der Waals surface area (Å²) >= 11 is 0. The number of carbonyl (C=O) groups excluding carboxylic acids is 1. The lowest BCUT2D eigenvalue weighted by Gasteiger charge is -2.09. The van der Waals surface area contributed by atoms with Crippen LogP contribution in [-0.2, 0) is 0 Å². The van der Waals surface area contributed by atoms with Gasteiger partial charge in [-0.3, -0.25) is 4.79 Å². The molecule has 1 aromatic rings. The van der Waals surface area contributed by atoms with Gasteiger partial charge in [0.05, 0.1) is 0 Å². The van der Waals surface area contributed by atoms with Crippen molar-refractivity contribution in [3.8, 4) is 0 Å². The van der Waals surface area contributed by atoms with E-state index in [1.54, 1.807) is 0 Å². The minimum Gasteiger partial charge on any atom is -0.352 e. The Morgan fingerprint density at radius 2 is 2.00 bits per heavy atom. The van der Waals surface area contributed by atoms with Crippen LogP contribution in [0.1, 0.15) is 17.3 Å². The monoisotopic (exact) mass is 246 g/mol. The number of amides is 1. The summed E-state index contributed by atoms with van der Waals surface area (Å²) in [4.78, 5) is 11.5. The van der Waals surface area contributed by atoms with Crippen molar-refractivity contribution in [2.75, 3.05) is 13.1 Å². The van der Waals surface area contributed by atoms with Crippen molar-refractivity contribution in [1.29, 1.82) is 0 Å². The Kier molecular flexibility index (Phi) is 6.69. The normalized spacial score (nSPS) is 11.4. The van der Waals surface area contributed by atoms with E-state index in [4.69, 9.17) is 5.73 Å². The van der Waals surface area contributed by atoms with Crippen molar-refractivity contribution in [3.63, 3.8) is 0 Å². The van der Waals surface area contributed by atoms with Crippen LogP contribution in [0.3, 0.4) is 0 Å². The van der Waals surface area contributed by atoms with E-state index < -0.39 is 0 Å². The van der Waals surface area contributed by atoms with Gasteiger partial charge in [0.15, 0.2) is 0 Å².